The van der Waals surface area contributed by atoms with E-state index < -0.39 is 0 Å². The van der Waals surface area contributed by atoms with Crippen molar-refractivity contribution < 1.29 is 0 Å². The molecule has 1 aliphatic rings. The van der Waals surface area contributed by atoms with Crippen molar-refractivity contribution in [2.24, 2.45) is 0 Å². The first-order valence-corrected chi connectivity index (χ1v) is 6.35. The van der Waals surface area contributed by atoms with Crippen LogP contribution >= 0.6 is 0 Å². The summed E-state index contributed by atoms with van der Waals surface area (Å²) in [7, 11) is 0. The number of fused-ring (bicyclic) bond motifs is 1. The molecule has 1 aliphatic heterocycles. The highest BCUT2D eigenvalue weighted by Crippen LogP contribution is 2.22. The number of nitrogens with two attached hydrogens (primary N) is 1. The molecule has 0 bridgehead atoms. The van der Waals surface area contributed by atoms with Crippen LogP contribution in [0.5, 0.6) is 0 Å². The van der Waals surface area contributed by atoms with Crippen LogP contribution in [0.3, 0.4) is 0 Å². The van der Waals surface area contributed by atoms with E-state index in [1.165, 1.54) is 19.3 Å². The van der Waals surface area contributed by atoms with Crippen LogP contribution in [-0.2, 0) is 0 Å². The Morgan fingerprint density at radius 1 is 1.11 bits per heavy atom. The summed E-state index contributed by atoms with van der Waals surface area (Å²) in [6, 6.07) is 5.70. The summed E-state index contributed by atoms with van der Waals surface area (Å²) < 4.78 is 0. The number of nitrogens with one attached hydrogen (secondary N) is 1. The van der Waals surface area contributed by atoms with Gasteiger partial charge in [-0.15, -0.1) is 0 Å². The summed E-state index contributed by atoms with van der Waals surface area (Å²) >= 11 is 0. The molecule has 3 rings (SSSR count). The maximum atomic E-state index is 5.83. The Morgan fingerprint density at radius 2 is 1.94 bits per heavy atom. The molecule has 0 unspecified atom stereocenters. The highest BCUT2D eigenvalue weighted by Gasteiger charge is 2.12. The average molecular weight is 243 g/mol. The molecule has 2 heterocycles. The molecule has 94 valence electrons. The molecule has 1 aromatic carbocycles. The standard InChI is InChI=1S/C13H17N5/c14-10-4-5-12-11(8-10)13(16-9-15-12)17-18-6-2-1-3-7-18/h4-5,8-9H,1-3,6-7,14H2,(H,15,16,17). The van der Waals surface area contributed by atoms with Crippen molar-refractivity contribution in [2.45, 2.75) is 19.3 Å². The van der Waals surface area contributed by atoms with E-state index in [1.54, 1.807) is 6.33 Å². The number of nitrogens with zero attached hydrogens (tertiary/aromatic N) is 3. The molecular weight excluding hydrogens is 226 g/mol. The second-order valence-electron chi connectivity index (χ2n) is 4.66. The summed E-state index contributed by atoms with van der Waals surface area (Å²) in [5.74, 6) is 0.842. The highest BCUT2D eigenvalue weighted by molar-refractivity contribution is 5.90. The molecule has 1 saturated heterocycles. The number of anilines is 2. The second kappa shape index (κ2) is 4.78. The summed E-state index contributed by atoms with van der Waals surface area (Å²) in [6.07, 6.45) is 5.37. The first-order valence-electron chi connectivity index (χ1n) is 6.35. The highest BCUT2D eigenvalue weighted by atomic mass is 15.5. The molecule has 1 aromatic heterocycles. The van der Waals surface area contributed by atoms with Crippen LogP contribution in [0, 0.1) is 0 Å². The van der Waals surface area contributed by atoms with Gasteiger partial charge in [0.25, 0.3) is 0 Å². The first kappa shape index (κ1) is 11.2. The molecule has 3 N–H and O–H groups in total. The minimum Gasteiger partial charge on any atom is -0.399 e. The molecule has 2 aromatic rings. The number of piperidine rings is 1. The van der Waals surface area contributed by atoms with Gasteiger partial charge < -0.3 is 11.2 Å². The van der Waals surface area contributed by atoms with E-state index in [9.17, 15) is 0 Å². The van der Waals surface area contributed by atoms with Crippen molar-refractivity contribution >= 4 is 22.4 Å². The molecule has 0 saturated carbocycles. The van der Waals surface area contributed by atoms with Crippen LogP contribution in [0.15, 0.2) is 24.5 Å². The quantitative estimate of drug-likeness (QED) is 0.790. The molecule has 0 spiro atoms. The maximum absolute atomic E-state index is 5.83. The summed E-state index contributed by atoms with van der Waals surface area (Å²) in [5.41, 5.74) is 10.9. The largest absolute Gasteiger partial charge is 0.399 e. The van der Waals surface area contributed by atoms with Crippen LogP contribution in [0.1, 0.15) is 19.3 Å². The van der Waals surface area contributed by atoms with Crippen molar-refractivity contribution in [3.8, 4) is 0 Å². The Balaban J connectivity index is 1.92. The molecule has 0 aliphatic carbocycles. The van der Waals surface area contributed by atoms with Crippen molar-refractivity contribution in [3.05, 3.63) is 24.5 Å². The van der Waals surface area contributed by atoms with Gasteiger partial charge >= 0.3 is 0 Å². The molecular formula is C13H17N5. The lowest BCUT2D eigenvalue weighted by Gasteiger charge is -2.27. The van der Waals surface area contributed by atoms with Gasteiger partial charge in [0.15, 0.2) is 5.82 Å². The first-order chi connectivity index (χ1) is 8.83. The Labute approximate surface area is 106 Å². The van der Waals surface area contributed by atoms with Gasteiger partial charge in [0.2, 0.25) is 0 Å². The van der Waals surface area contributed by atoms with E-state index in [2.05, 4.69) is 20.4 Å². The lowest BCUT2D eigenvalue weighted by atomic mass is 10.2. The molecule has 5 heteroatoms. The van der Waals surface area contributed by atoms with E-state index >= 15 is 0 Å². The van der Waals surface area contributed by atoms with Gasteiger partial charge in [0, 0.05) is 24.2 Å². The van der Waals surface area contributed by atoms with E-state index in [-0.39, 0.29) is 0 Å². The smallest absolute Gasteiger partial charge is 0.151 e. The Morgan fingerprint density at radius 3 is 2.78 bits per heavy atom. The Bertz CT molecular complexity index is 548. The topological polar surface area (TPSA) is 67.1 Å². The van der Waals surface area contributed by atoms with Crippen LogP contribution in [0.25, 0.3) is 10.9 Å². The fourth-order valence-corrected chi connectivity index (χ4v) is 2.32. The second-order valence-corrected chi connectivity index (χ2v) is 4.66. The van der Waals surface area contributed by atoms with Gasteiger partial charge in [-0.25, -0.2) is 15.0 Å². The lowest BCUT2D eigenvalue weighted by molar-refractivity contribution is 0.272. The number of benzene rings is 1. The van der Waals surface area contributed by atoms with Crippen LogP contribution in [0.2, 0.25) is 0 Å². The van der Waals surface area contributed by atoms with Crippen molar-refractivity contribution in [2.75, 3.05) is 24.2 Å². The normalized spacial score (nSPS) is 16.9. The van der Waals surface area contributed by atoms with Crippen LogP contribution in [0.4, 0.5) is 11.5 Å². The zero-order chi connectivity index (χ0) is 12.4. The summed E-state index contributed by atoms with van der Waals surface area (Å²) in [6.45, 7) is 2.13. The zero-order valence-electron chi connectivity index (χ0n) is 10.3. The van der Waals surface area contributed by atoms with Crippen molar-refractivity contribution in [1.82, 2.24) is 15.0 Å². The third-order valence-electron chi connectivity index (χ3n) is 3.28. The predicted molar refractivity (Wildman–Crippen MR) is 73.0 cm³/mol. The molecule has 5 nitrogen and oxygen atoms in total. The van der Waals surface area contributed by atoms with Crippen molar-refractivity contribution in [3.63, 3.8) is 0 Å². The molecule has 0 atom stereocenters. The number of aromatic nitrogens is 2. The van der Waals surface area contributed by atoms with Gasteiger partial charge in [-0.2, -0.15) is 0 Å². The lowest BCUT2D eigenvalue weighted by Crippen LogP contribution is -2.35. The van der Waals surface area contributed by atoms with E-state index in [0.717, 1.165) is 35.5 Å². The van der Waals surface area contributed by atoms with Gasteiger partial charge in [-0.05, 0) is 31.0 Å². The molecule has 18 heavy (non-hydrogen) atoms. The van der Waals surface area contributed by atoms with Crippen LogP contribution < -0.4 is 11.2 Å². The Kier molecular flexibility index (Phi) is 2.98. The van der Waals surface area contributed by atoms with Crippen LogP contribution in [-0.4, -0.2) is 28.1 Å². The van der Waals surface area contributed by atoms with E-state index in [0.29, 0.717) is 0 Å². The van der Waals surface area contributed by atoms with Gasteiger partial charge in [-0.3, -0.25) is 0 Å². The monoisotopic (exact) mass is 243 g/mol. The minimum absolute atomic E-state index is 0.735. The fraction of sp³-hybridized carbons (Fsp3) is 0.385. The van der Waals surface area contributed by atoms with Gasteiger partial charge in [0.05, 0.1) is 5.52 Å². The third kappa shape index (κ3) is 2.22. The third-order valence-corrected chi connectivity index (χ3v) is 3.28. The zero-order valence-corrected chi connectivity index (χ0v) is 10.3. The molecule has 0 amide bonds. The minimum atomic E-state index is 0.735. The predicted octanol–water partition coefficient (Wildman–Crippen LogP) is 2.02. The SMILES string of the molecule is Nc1ccc2ncnc(NN3CCCCC3)c2c1. The molecule has 0 radical (unpaired) electrons. The number of rotatable bonds is 2. The number of hydrogen-bond donors (Lipinski definition) is 2. The van der Waals surface area contributed by atoms with Gasteiger partial charge in [0.1, 0.15) is 6.33 Å². The Hall–Kier alpha value is -1.88. The number of nitrogen functional groups attached to an aromatic ring is 1. The van der Waals surface area contributed by atoms with E-state index in [4.69, 9.17) is 5.73 Å². The maximum Gasteiger partial charge on any atom is 0.151 e. The fourth-order valence-electron chi connectivity index (χ4n) is 2.32. The molecule has 1 fully saturated rings. The van der Waals surface area contributed by atoms with Gasteiger partial charge in [-0.1, -0.05) is 6.42 Å². The van der Waals surface area contributed by atoms with Crippen molar-refractivity contribution in [1.29, 1.82) is 0 Å². The summed E-state index contributed by atoms with van der Waals surface area (Å²) in [5, 5.41) is 3.19. The number of hydrogen-bond acceptors (Lipinski definition) is 5. The number of hydrazine groups is 1. The average Bonchev–Trinajstić information content (AvgIpc) is 2.41. The van der Waals surface area contributed by atoms with E-state index in [1.807, 2.05) is 18.2 Å². The summed E-state index contributed by atoms with van der Waals surface area (Å²) in [4.78, 5) is 8.57.